The average Bonchev–Trinajstić information content (AvgIpc) is 2.59. The number of hydrogen-bond donors (Lipinski definition) is 1. The van der Waals surface area contributed by atoms with Gasteiger partial charge in [-0.2, -0.15) is 0 Å². The van der Waals surface area contributed by atoms with E-state index in [0.717, 1.165) is 32.2 Å². The number of carbonyl (C=O) groups excluding carboxylic acids is 1. The Labute approximate surface area is 163 Å². The molecule has 0 aliphatic carbocycles. The SMILES string of the molecule is C=C(C)C(=O)NCCCCCCCCCCCC[Si](C)(OCC)OCC. The van der Waals surface area contributed by atoms with Crippen molar-refractivity contribution in [1.82, 2.24) is 5.32 Å². The monoisotopic (exact) mass is 385 g/mol. The summed E-state index contributed by atoms with van der Waals surface area (Å²) in [6, 6.07) is 1.12. The van der Waals surface area contributed by atoms with E-state index in [1.165, 1.54) is 57.8 Å². The topological polar surface area (TPSA) is 47.6 Å². The molecule has 0 unspecified atom stereocenters. The van der Waals surface area contributed by atoms with Crippen LogP contribution in [0.4, 0.5) is 0 Å². The van der Waals surface area contributed by atoms with Crippen molar-refractivity contribution in [2.75, 3.05) is 19.8 Å². The van der Waals surface area contributed by atoms with Crippen LogP contribution in [-0.2, 0) is 13.6 Å². The first kappa shape index (κ1) is 25.3. The largest absolute Gasteiger partial charge is 0.395 e. The summed E-state index contributed by atoms with van der Waals surface area (Å²) in [6.07, 6.45) is 12.7. The van der Waals surface area contributed by atoms with Gasteiger partial charge in [-0.05, 0) is 39.8 Å². The third-order valence-electron chi connectivity index (χ3n) is 4.63. The molecular formula is C21H43NO3Si. The fourth-order valence-electron chi connectivity index (χ4n) is 3.13. The number of hydrogen-bond acceptors (Lipinski definition) is 3. The van der Waals surface area contributed by atoms with E-state index in [1.54, 1.807) is 6.92 Å². The molecule has 0 aromatic carbocycles. The number of rotatable bonds is 18. The minimum absolute atomic E-state index is 0.0181. The van der Waals surface area contributed by atoms with Crippen molar-refractivity contribution in [2.24, 2.45) is 0 Å². The molecule has 0 atom stereocenters. The van der Waals surface area contributed by atoms with Crippen LogP contribution in [0.1, 0.15) is 85.0 Å². The molecule has 0 fully saturated rings. The Bertz CT molecular complexity index is 368. The first-order valence-electron chi connectivity index (χ1n) is 10.7. The fraction of sp³-hybridized carbons (Fsp3) is 0.857. The van der Waals surface area contributed by atoms with Crippen LogP contribution in [0, 0.1) is 0 Å². The fourth-order valence-corrected chi connectivity index (χ4v) is 5.62. The molecule has 154 valence electrons. The Morgan fingerprint density at radius 3 is 1.69 bits per heavy atom. The van der Waals surface area contributed by atoms with Crippen LogP contribution >= 0.6 is 0 Å². The molecule has 1 N–H and O–H groups in total. The molecule has 0 bridgehead atoms. The van der Waals surface area contributed by atoms with Gasteiger partial charge in [-0.1, -0.05) is 64.4 Å². The highest BCUT2D eigenvalue weighted by molar-refractivity contribution is 6.66. The highest BCUT2D eigenvalue weighted by Gasteiger charge is 2.29. The lowest BCUT2D eigenvalue weighted by Gasteiger charge is -2.25. The molecule has 1 amide bonds. The highest BCUT2D eigenvalue weighted by Crippen LogP contribution is 2.19. The van der Waals surface area contributed by atoms with Gasteiger partial charge in [0, 0.05) is 25.3 Å². The molecule has 0 saturated carbocycles. The Balaban J connectivity index is 3.38. The standard InChI is InChI=1S/C21H43NO3Si/c1-6-24-26(5,25-7-2)19-17-15-13-11-9-8-10-12-14-16-18-22-21(23)20(3)4/h3,6-19H2,1-2,4-5H3,(H,22,23). The van der Waals surface area contributed by atoms with Crippen molar-refractivity contribution < 1.29 is 13.6 Å². The van der Waals surface area contributed by atoms with Crippen molar-refractivity contribution in [3.05, 3.63) is 12.2 Å². The van der Waals surface area contributed by atoms with Gasteiger partial charge < -0.3 is 14.2 Å². The van der Waals surface area contributed by atoms with Crippen molar-refractivity contribution >= 4 is 14.5 Å². The molecule has 0 aromatic rings. The highest BCUT2D eigenvalue weighted by atomic mass is 28.4. The van der Waals surface area contributed by atoms with Crippen LogP contribution in [0.5, 0.6) is 0 Å². The summed E-state index contributed by atoms with van der Waals surface area (Å²) in [5.74, 6) is -0.0181. The Hall–Kier alpha value is -0.653. The molecule has 5 heteroatoms. The van der Waals surface area contributed by atoms with Crippen molar-refractivity contribution in [1.29, 1.82) is 0 Å². The third-order valence-corrected chi connectivity index (χ3v) is 7.69. The van der Waals surface area contributed by atoms with Crippen molar-refractivity contribution in [3.8, 4) is 0 Å². The van der Waals surface area contributed by atoms with Crippen LogP contribution in [0.2, 0.25) is 12.6 Å². The molecular weight excluding hydrogens is 342 g/mol. The Morgan fingerprint density at radius 2 is 1.27 bits per heavy atom. The van der Waals surface area contributed by atoms with Gasteiger partial charge in [0.1, 0.15) is 0 Å². The number of carbonyl (C=O) groups is 1. The molecule has 0 aromatic heterocycles. The van der Waals surface area contributed by atoms with E-state index < -0.39 is 8.56 Å². The van der Waals surface area contributed by atoms with Crippen LogP contribution in [0.3, 0.4) is 0 Å². The number of unbranched alkanes of at least 4 members (excludes halogenated alkanes) is 9. The molecule has 0 aliphatic heterocycles. The van der Waals surface area contributed by atoms with Gasteiger partial charge in [0.05, 0.1) is 0 Å². The molecule has 0 spiro atoms. The lowest BCUT2D eigenvalue weighted by atomic mass is 10.1. The molecule has 0 aliphatic rings. The van der Waals surface area contributed by atoms with Gasteiger partial charge in [0.2, 0.25) is 5.91 Å². The minimum Gasteiger partial charge on any atom is -0.395 e. The summed E-state index contributed by atoms with van der Waals surface area (Å²) >= 11 is 0. The Kier molecular flexibility index (Phi) is 16.1. The first-order chi connectivity index (χ1) is 12.4. The molecule has 0 radical (unpaired) electrons. The van der Waals surface area contributed by atoms with Crippen molar-refractivity contribution in [3.63, 3.8) is 0 Å². The lowest BCUT2D eigenvalue weighted by molar-refractivity contribution is -0.117. The van der Waals surface area contributed by atoms with Gasteiger partial charge in [-0.15, -0.1) is 0 Å². The summed E-state index contributed by atoms with van der Waals surface area (Å²) < 4.78 is 11.8. The van der Waals surface area contributed by atoms with E-state index in [9.17, 15) is 4.79 Å². The van der Waals surface area contributed by atoms with Gasteiger partial charge >= 0.3 is 8.56 Å². The van der Waals surface area contributed by atoms with E-state index in [4.69, 9.17) is 8.85 Å². The normalized spacial score (nSPS) is 11.5. The van der Waals surface area contributed by atoms with E-state index in [2.05, 4.69) is 32.3 Å². The van der Waals surface area contributed by atoms with E-state index in [0.29, 0.717) is 5.57 Å². The molecule has 0 rings (SSSR count). The molecule has 4 nitrogen and oxygen atoms in total. The summed E-state index contributed by atoms with van der Waals surface area (Å²) in [6.45, 7) is 14.0. The van der Waals surface area contributed by atoms with E-state index >= 15 is 0 Å². The number of amides is 1. The second-order valence-corrected chi connectivity index (χ2v) is 10.7. The van der Waals surface area contributed by atoms with Gasteiger partial charge in [0.25, 0.3) is 0 Å². The summed E-state index contributed by atoms with van der Waals surface area (Å²) in [5, 5.41) is 2.89. The third kappa shape index (κ3) is 14.5. The first-order valence-corrected chi connectivity index (χ1v) is 13.2. The summed E-state index contributed by atoms with van der Waals surface area (Å²) in [7, 11) is -1.89. The quantitative estimate of drug-likeness (QED) is 0.186. The van der Waals surface area contributed by atoms with Crippen LogP contribution in [0.15, 0.2) is 12.2 Å². The van der Waals surface area contributed by atoms with Crippen LogP contribution in [-0.4, -0.2) is 34.2 Å². The van der Waals surface area contributed by atoms with E-state index in [1.807, 2.05) is 0 Å². The van der Waals surface area contributed by atoms with Gasteiger partial charge in [-0.25, -0.2) is 0 Å². The summed E-state index contributed by atoms with van der Waals surface area (Å²) in [4.78, 5) is 11.3. The number of nitrogens with one attached hydrogen (secondary N) is 1. The van der Waals surface area contributed by atoms with Crippen LogP contribution in [0.25, 0.3) is 0 Å². The van der Waals surface area contributed by atoms with Crippen molar-refractivity contribution in [2.45, 2.75) is 97.6 Å². The molecule has 26 heavy (non-hydrogen) atoms. The molecule has 0 saturated heterocycles. The second kappa shape index (κ2) is 16.5. The zero-order valence-electron chi connectivity index (χ0n) is 17.8. The maximum absolute atomic E-state index is 11.3. The zero-order valence-corrected chi connectivity index (χ0v) is 18.8. The Morgan fingerprint density at radius 1 is 0.846 bits per heavy atom. The van der Waals surface area contributed by atoms with Crippen LogP contribution < -0.4 is 5.32 Å². The minimum atomic E-state index is -1.89. The summed E-state index contributed by atoms with van der Waals surface area (Å²) in [5.41, 5.74) is 0.591. The lowest BCUT2D eigenvalue weighted by Crippen LogP contribution is -2.38. The molecule has 0 heterocycles. The predicted octanol–water partition coefficient (Wildman–Crippen LogP) is 5.72. The maximum atomic E-state index is 11.3. The maximum Gasteiger partial charge on any atom is 0.334 e. The zero-order chi connectivity index (χ0) is 19.7. The second-order valence-electron chi connectivity index (χ2n) is 7.32. The smallest absolute Gasteiger partial charge is 0.334 e. The van der Waals surface area contributed by atoms with E-state index in [-0.39, 0.29) is 5.91 Å². The predicted molar refractivity (Wildman–Crippen MR) is 114 cm³/mol. The van der Waals surface area contributed by atoms with Gasteiger partial charge in [0.15, 0.2) is 0 Å². The van der Waals surface area contributed by atoms with Gasteiger partial charge in [-0.3, -0.25) is 4.79 Å². The average molecular weight is 386 g/mol.